The first-order valence-corrected chi connectivity index (χ1v) is 5.52. The van der Waals surface area contributed by atoms with E-state index in [-0.39, 0.29) is 5.91 Å². The minimum Gasteiger partial charge on any atom is -0.355 e. The second-order valence-corrected chi connectivity index (χ2v) is 4.68. The average Bonchev–Trinajstić information content (AvgIpc) is 2.84. The highest BCUT2D eigenvalue weighted by Gasteiger charge is 2.44. The molecule has 0 atom stereocenters. The molecule has 0 aliphatic heterocycles. The lowest BCUT2D eigenvalue weighted by Gasteiger charge is -2.20. The van der Waals surface area contributed by atoms with E-state index in [1.54, 1.807) is 6.92 Å². The molecule has 82 valence electrons. The van der Waals surface area contributed by atoms with E-state index < -0.39 is 0 Å². The molecule has 1 aliphatic rings. The third-order valence-electron chi connectivity index (χ3n) is 3.27. The van der Waals surface area contributed by atoms with Gasteiger partial charge >= 0.3 is 0 Å². The summed E-state index contributed by atoms with van der Waals surface area (Å²) in [6.45, 7) is 8.86. The number of carbonyl (C=O) groups is 1. The Morgan fingerprint density at radius 2 is 2.00 bits per heavy atom. The Kier molecular flexibility index (Phi) is 3.93. The van der Waals surface area contributed by atoms with Gasteiger partial charge < -0.3 is 10.6 Å². The van der Waals surface area contributed by atoms with Crippen molar-refractivity contribution in [2.45, 2.75) is 33.6 Å². The normalized spacial score (nSPS) is 18.3. The van der Waals surface area contributed by atoms with E-state index in [9.17, 15) is 4.79 Å². The SMILES string of the molecule is CC(=O)NCCNCC1(C(C)C)CC1. The summed E-state index contributed by atoms with van der Waals surface area (Å²) < 4.78 is 0. The Morgan fingerprint density at radius 1 is 1.36 bits per heavy atom. The maximum absolute atomic E-state index is 10.6. The van der Waals surface area contributed by atoms with Crippen molar-refractivity contribution in [3.63, 3.8) is 0 Å². The van der Waals surface area contributed by atoms with Crippen molar-refractivity contribution >= 4 is 5.91 Å². The molecule has 0 spiro atoms. The lowest BCUT2D eigenvalue weighted by Crippen LogP contribution is -2.34. The van der Waals surface area contributed by atoms with Gasteiger partial charge in [-0.2, -0.15) is 0 Å². The van der Waals surface area contributed by atoms with Crippen LogP contribution in [0, 0.1) is 11.3 Å². The van der Waals surface area contributed by atoms with Gasteiger partial charge in [0.25, 0.3) is 0 Å². The molecule has 3 heteroatoms. The number of nitrogens with one attached hydrogen (secondary N) is 2. The molecule has 0 aromatic heterocycles. The minimum absolute atomic E-state index is 0.0526. The van der Waals surface area contributed by atoms with Crippen LogP contribution in [0.2, 0.25) is 0 Å². The third kappa shape index (κ3) is 3.29. The van der Waals surface area contributed by atoms with E-state index in [0.29, 0.717) is 5.41 Å². The number of carbonyl (C=O) groups excluding carboxylic acids is 1. The molecule has 1 aliphatic carbocycles. The fourth-order valence-corrected chi connectivity index (χ4v) is 1.78. The molecular formula is C11H22N2O. The summed E-state index contributed by atoms with van der Waals surface area (Å²) in [6.07, 6.45) is 2.72. The molecule has 1 amide bonds. The van der Waals surface area contributed by atoms with E-state index in [0.717, 1.165) is 25.6 Å². The van der Waals surface area contributed by atoms with Crippen LogP contribution in [-0.4, -0.2) is 25.5 Å². The Labute approximate surface area is 86.6 Å². The summed E-state index contributed by atoms with van der Waals surface area (Å²) in [5.41, 5.74) is 0.566. The maximum atomic E-state index is 10.6. The fourth-order valence-electron chi connectivity index (χ4n) is 1.78. The van der Waals surface area contributed by atoms with Crippen molar-refractivity contribution in [2.24, 2.45) is 11.3 Å². The van der Waals surface area contributed by atoms with Crippen LogP contribution in [0.1, 0.15) is 33.6 Å². The van der Waals surface area contributed by atoms with Crippen molar-refractivity contribution in [1.29, 1.82) is 0 Å². The highest BCUT2D eigenvalue weighted by molar-refractivity contribution is 5.72. The van der Waals surface area contributed by atoms with Gasteiger partial charge in [-0.05, 0) is 24.2 Å². The highest BCUT2D eigenvalue weighted by Crippen LogP contribution is 2.51. The molecule has 14 heavy (non-hydrogen) atoms. The lowest BCUT2D eigenvalue weighted by atomic mass is 9.92. The molecule has 1 saturated carbocycles. The zero-order valence-electron chi connectivity index (χ0n) is 9.52. The van der Waals surface area contributed by atoms with E-state index in [1.807, 2.05) is 0 Å². The predicted molar refractivity (Wildman–Crippen MR) is 58.1 cm³/mol. The van der Waals surface area contributed by atoms with Crippen LogP contribution in [0.15, 0.2) is 0 Å². The van der Waals surface area contributed by atoms with Crippen LogP contribution in [-0.2, 0) is 4.79 Å². The van der Waals surface area contributed by atoms with Crippen LogP contribution in [0.4, 0.5) is 0 Å². The van der Waals surface area contributed by atoms with Gasteiger partial charge in [0.15, 0.2) is 0 Å². The van der Waals surface area contributed by atoms with Gasteiger partial charge in [0.05, 0.1) is 0 Å². The van der Waals surface area contributed by atoms with Gasteiger partial charge in [0.2, 0.25) is 5.91 Å². The van der Waals surface area contributed by atoms with Crippen molar-refractivity contribution < 1.29 is 4.79 Å². The van der Waals surface area contributed by atoms with Crippen LogP contribution in [0.5, 0.6) is 0 Å². The summed E-state index contributed by atoms with van der Waals surface area (Å²) in [7, 11) is 0. The van der Waals surface area contributed by atoms with Gasteiger partial charge in [-0.1, -0.05) is 13.8 Å². The van der Waals surface area contributed by atoms with E-state index in [4.69, 9.17) is 0 Å². The van der Waals surface area contributed by atoms with Gasteiger partial charge in [0, 0.05) is 26.6 Å². The molecule has 2 N–H and O–H groups in total. The monoisotopic (exact) mass is 198 g/mol. The first-order chi connectivity index (χ1) is 6.57. The highest BCUT2D eigenvalue weighted by atomic mass is 16.1. The molecule has 1 rings (SSSR count). The van der Waals surface area contributed by atoms with Crippen LogP contribution in [0.3, 0.4) is 0 Å². The first kappa shape index (κ1) is 11.5. The molecule has 1 fully saturated rings. The van der Waals surface area contributed by atoms with Crippen LogP contribution >= 0.6 is 0 Å². The molecule has 3 nitrogen and oxygen atoms in total. The Hall–Kier alpha value is -0.570. The van der Waals surface area contributed by atoms with Crippen LogP contribution in [0.25, 0.3) is 0 Å². The predicted octanol–water partition coefficient (Wildman–Crippen LogP) is 1.15. The van der Waals surface area contributed by atoms with Crippen molar-refractivity contribution in [3.8, 4) is 0 Å². The van der Waals surface area contributed by atoms with Crippen LogP contribution < -0.4 is 10.6 Å². The zero-order valence-corrected chi connectivity index (χ0v) is 9.52. The van der Waals surface area contributed by atoms with Gasteiger partial charge in [-0.15, -0.1) is 0 Å². The molecular weight excluding hydrogens is 176 g/mol. The second kappa shape index (κ2) is 4.78. The Balaban J connectivity index is 2.02. The van der Waals surface area contributed by atoms with E-state index >= 15 is 0 Å². The molecule has 0 saturated heterocycles. The fraction of sp³-hybridized carbons (Fsp3) is 0.909. The number of hydrogen-bond donors (Lipinski definition) is 2. The summed E-state index contributed by atoms with van der Waals surface area (Å²) >= 11 is 0. The Bertz CT molecular complexity index is 197. The van der Waals surface area contributed by atoms with E-state index in [2.05, 4.69) is 24.5 Å². The maximum Gasteiger partial charge on any atom is 0.216 e. The van der Waals surface area contributed by atoms with Crippen molar-refractivity contribution in [2.75, 3.05) is 19.6 Å². The number of hydrogen-bond acceptors (Lipinski definition) is 2. The first-order valence-electron chi connectivity index (χ1n) is 5.52. The lowest BCUT2D eigenvalue weighted by molar-refractivity contribution is -0.118. The molecule has 0 radical (unpaired) electrons. The van der Waals surface area contributed by atoms with Crippen molar-refractivity contribution in [1.82, 2.24) is 10.6 Å². The molecule has 0 bridgehead atoms. The largest absolute Gasteiger partial charge is 0.355 e. The number of amides is 1. The van der Waals surface area contributed by atoms with Crippen molar-refractivity contribution in [3.05, 3.63) is 0 Å². The Morgan fingerprint density at radius 3 is 2.43 bits per heavy atom. The third-order valence-corrected chi connectivity index (χ3v) is 3.27. The minimum atomic E-state index is 0.0526. The summed E-state index contributed by atoms with van der Waals surface area (Å²) in [4.78, 5) is 10.6. The molecule has 0 heterocycles. The molecule has 0 unspecified atom stereocenters. The summed E-state index contributed by atoms with van der Waals surface area (Å²) in [5, 5.41) is 6.19. The quantitative estimate of drug-likeness (QED) is 0.629. The number of rotatable bonds is 6. The van der Waals surface area contributed by atoms with Gasteiger partial charge in [-0.3, -0.25) is 4.79 Å². The average molecular weight is 198 g/mol. The summed E-state index contributed by atoms with van der Waals surface area (Å²) in [6, 6.07) is 0. The van der Waals surface area contributed by atoms with Gasteiger partial charge in [-0.25, -0.2) is 0 Å². The second-order valence-electron chi connectivity index (χ2n) is 4.68. The smallest absolute Gasteiger partial charge is 0.216 e. The standard InChI is InChI=1S/C11H22N2O/c1-9(2)11(4-5-11)8-12-6-7-13-10(3)14/h9,12H,4-8H2,1-3H3,(H,13,14). The topological polar surface area (TPSA) is 41.1 Å². The van der Waals surface area contributed by atoms with Gasteiger partial charge in [0.1, 0.15) is 0 Å². The molecule has 0 aromatic carbocycles. The van der Waals surface area contributed by atoms with E-state index in [1.165, 1.54) is 12.8 Å². The zero-order chi connectivity index (χ0) is 10.6. The summed E-state index contributed by atoms with van der Waals surface area (Å²) in [5.74, 6) is 0.826. The molecule has 0 aromatic rings.